The van der Waals surface area contributed by atoms with Crippen LogP contribution in [0.5, 0.6) is 5.75 Å². The smallest absolute Gasteiger partial charge is 0.259 e. The SMILES string of the molecule is CC(C)Oc1ccccc1C(=O)Nc1ccccc1C(=O)N(C)C. The molecule has 126 valence electrons. The van der Waals surface area contributed by atoms with E-state index in [1.54, 1.807) is 56.6 Å². The number of nitrogens with zero attached hydrogens (tertiary/aromatic N) is 1. The molecule has 0 aliphatic rings. The van der Waals surface area contributed by atoms with Gasteiger partial charge in [-0.05, 0) is 38.1 Å². The Morgan fingerprint density at radius 3 is 2.17 bits per heavy atom. The molecule has 2 rings (SSSR count). The zero-order valence-electron chi connectivity index (χ0n) is 14.4. The van der Waals surface area contributed by atoms with Crippen LogP contribution in [0, 0.1) is 0 Å². The summed E-state index contributed by atoms with van der Waals surface area (Å²) in [5.74, 6) is 0.0317. The fraction of sp³-hybridized carbons (Fsp3) is 0.263. The molecule has 0 bridgehead atoms. The Kier molecular flexibility index (Phi) is 5.58. The van der Waals surface area contributed by atoms with Gasteiger partial charge in [-0.15, -0.1) is 0 Å². The van der Waals surface area contributed by atoms with Gasteiger partial charge in [0.25, 0.3) is 11.8 Å². The Hall–Kier alpha value is -2.82. The molecule has 0 saturated carbocycles. The zero-order valence-corrected chi connectivity index (χ0v) is 14.4. The zero-order chi connectivity index (χ0) is 17.7. The Labute approximate surface area is 142 Å². The van der Waals surface area contributed by atoms with Crippen LogP contribution in [-0.4, -0.2) is 36.9 Å². The molecule has 0 saturated heterocycles. The average molecular weight is 326 g/mol. The minimum atomic E-state index is -0.315. The highest BCUT2D eigenvalue weighted by molar-refractivity contribution is 6.10. The molecule has 24 heavy (non-hydrogen) atoms. The van der Waals surface area contributed by atoms with Gasteiger partial charge in [-0.1, -0.05) is 24.3 Å². The van der Waals surface area contributed by atoms with E-state index >= 15 is 0 Å². The van der Waals surface area contributed by atoms with E-state index in [1.807, 2.05) is 19.9 Å². The van der Waals surface area contributed by atoms with Crippen LogP contribution in [-0.2, 0) is 0 Å². The quantitative estimate of drug-likeness (QED) is 0.916. The molecule has 0 fully saturated rings. The lowest BCUT2D eigenvalue weighted by Gasteiger charge is -2.16. The highest BCUT2D eigenvalue weighted by Gasteiger charge is 2.17. The van der Waals surface area contributed by atoms with Crippen molar-refractivity contribution in [2.24, 2.45) is 0 Å². The molecule has 1 N–H and O–H groups in total. The van der Waals surface area contributed by atoms with Crippen molar-refractivity contribution in [3.8, 4) is 5.75 Å². The second-order valence-corrected chi connectivity index (χ2v) is 5.86. The van der Waals surface area contributed by atoms with E-state index in [4.69, 9.17) is 4.74 Å². The van der Waals surface area contributed by atoms with E-state index in [0.717, 1.165) is 0 Å². The van der Waals surface area contributed by atoms with Crippen LogP contribution in [0.15, 0.2) is 48.5 Å². The second kappa shape index (κ2) is 7.64. The molecule has 0 unspecified atom stereocenters. The summed E-state index contributed by atoms with van der Waals surface area (Å²) in [5.41, 5.74) is 1.34. The van der Waals surface area contributed by atoms with Crippen LogP contribution in [0.4, 0.5) is 5.69 Å². The third kappa shape index (κ3) is 4.13. The van der Waals surface area contributed by atoms with E-state index in [2.05, 4.69) is 5.32 Å². The number of ether oxygens (including phenoxy) is 1. The number of anilines is 1. The maximum atomic E-state index is 12.6. The second-order valence-electron chi connectivity index (χ2n) is 5.86. The van der Waals surface area contributed by atoms with Crippen molar-refractivity contribution in [3.05, 3.63) is 59.7 Å². The first-order valence-electron chi connectivity index (χ1n) is 7.78. The van der Waals surface area contributed by atoms with Crippen molar-refractivity contribution in [3.63, 3.8) is 0 Å². The third-order valence-corrected chi connectivity index (χ3v) is 3.31. The summed E-state index contributed by atoms with van der Waals surface area (Å²) in [5, 5.41) is 2.81. The summed E-state index contributed by atoms with van der Waals surface area (Å²) in [4.78, 5) is 26.4. The molecule has 0 radical (unpaired) electrons. The van der Waals surface area contributed by atoms with Gasteiger partial charge in [0.2, 0.25) is 0 Å². The topological polar surface area (TPSA) is 58.6 Å². The molecule has 2 amide bonds. The predicted octanol–water partition coefficient (Wildman–Crippen LogP) is 3.43. The van der Waals surface area contributed by atoms with Crippen LogP contribution in [0.25, 0.3) is 0 Å². The number of rotatable bonds is 5. The van der Waals surface area contributed by atoms with Crippen LogP contribution in [0.1, 0.15) is 34.6 Å². The van der Waals surface area contributed by atoms with E-state index < -0.39 is 0 Å². The summed E-state index contributed by atoms with van der Waals surface area (Å²) >= 11 is 0. The van der Waals surface area contributed by atoms with Gasteiger partial charge in [-0.3, -0.25) is 9.59 Å². The lowest BCUT2D eigenvalue weighted by Crippen LogP contribution is -2.24. The van der Waals surface area contributed by atoms with Gasteiger partial charge in [0.05, 0.1) is 22.9 Å². The molecule has 0 aliphatic heterocycles. The number of nitrogens with one attached hydrogen (secondary N) is 1. The van der Waals surface area contributed by atoms with Crippen molar-refractivity contribution < 1.29 is 14.3 Å². The Bertz CT molecular complexity index is 739. The molecule has 2 aromatic carbocycles. The molecule has 5 nitrogen and oxygen atoms in total. The first-order chi connectivity index (χ1) is 11.4. The summed E-state index contributed by atoms with van der Waals surface area (Å²) in [6.45, 7) is 3.81. The predicted molar refractivity (Wildman–Crippen MR) is 94.6 cm³/mol. The van der Waals surface area contributed by atoms with Gasteiger partial charge in [-0.2, -0.15) is 0 Å². The van der Waals surface area contributed by atoms with Crippen LogP contribution in [0.2, 0.25) is 0 Å². The van der Waals surface area contributed by atoms with Gasteiger partial charge in [-0.25, -0.2) is 0 Å². The fourth-order valence-corrected chi connectivity index (χ4v) is 2.22. The van der Waals surface area contributed by atoms with Gasteiger partial charge in [0.1, 0.15) is 5.75 Å². The molecule has 0 aromatic heterocycles. The number of carbonyl (C=O) groups excluding carboxylic acids is 2. The number of amides is 2. The number of carbonyl (C=O) groups is 2. The van der Waals surface area contributed by atoms with Crippen molar-refractivity contribution in [1.82, 2.24) is 4.90 Å². The van der Waals surface area contributed by atoms with Crippen molar-refractivity contribution in [2.75, 3.05) is 19.4 Å². The average Bonchev–Trinajstić information content (AvgIpc) is 2.54. The van der Waals surface area contributed by atoms with Crippen LogP contribution < -0.4 is 10.1 Å². The largest absolute Gasteiger partial charge is 0.490 e. The molecule has 0 atom stereocenters. The number of benzene rings is 2. The number of hydrogen-bond donors (Lipinski definition) is 1. The monoisotopic (exact) mass is 326 g/mol. The molecular weight excluding hydrogens is 304 g/mol. The molecular formula is C19H22N2O3. The van der Waals surface area contributed by atoms with E-state index in [-0.39, 0.29) is 17.9 Å². The first-order valence-corrected chi connectivity index (χ1v) is 7.78. The highest BCUT2D eigenvalue weighted by atomic mass is 16.5. The third-order valence-electron chi connectivity index (χ3n) is 3.31. The van der Waals surface area contributed by atoms with Crippen LogP contribution in [0.3, 0.4) is 0 Å². The fourth-order valence-electron chi connectivity index (χ4n) is 2.22. The standard InChI is InChI=1S/C19H22N2O3/c1-13(2)24-17-12-8-6-10-15(17)18(22)20-16-11-7-5-9-14(16)19(23)21(3)4/h5-13H,1-4H3,(H,20,22). The summed E-state index contributed by atoms with van der Waals surface area (Å²) in [7, 11) is 3.35. The summed E-state index contributed by atoms with van der Waals surface area (Å²) < 4.78 is 5.68. The van der Waals surface area contributed by atoms with E-state index in [0.29, 0.717) is 22.6 Å². The van der Waals surface area contributed by atoms with Gasteiger partial charge in [0, 0.05) is 14.1 Å². The van der Waals surface area contributed by atoms with Crippen molar-refractivity contribution >= 4 is 17.5 Å². The van der Waals surface area contributed by atoms with Crippen molar-refractivity contribution in [1.29, 1.82) is 0 Å². The van der Waals surface area contributed by atoms with Crippen molar-refractivity contribution in [2.45, 2.75) is 20.0 Å². The maximum absolute atomic E-state index is 12.6. The molecule has 0 spiro atoms. The molecule has 2 aromatic rings. The number of hydrogen-bond acceptors (Lipinski definition) is 3. The lowest BCUT2D eigenvalue weighted by atomic mass is 10.1. The van der Waals surface area contributed by atoms with E-state index in [9.17, 15) is 9.59 Å². The lowest BCUT2D eigenvalue weighted by molar-refractivity contribution is 0.0828. The molecule has 0 aliphatic carbocycles. The van der Waals surface area contributed by atoms with Gasteiger partial charge < -0.3 is 15.0 Å². The Morgan fingerprint density at radius 2 is 1.54 bits per heavy atom. The molecule has 0 heterocycles. The highest BCUT2D eigenvalue weighted by Crippen LogP contribution is 2.23. The minimum Gasteiger partial charge on any atom is -0.490 e. The minimum absolute atomic E-state index is 0.0402. The van der Waals surface area contributed by atoms with Crippen LogP contribution >= 0.6 is 0 Å². The van der Waals surface area contributed by atoms with Gasteiger partial charge >= 0.3 is 0 Å². The van der Waals surface area contributed by atoms with E-state index in [1.165, 1.54) is 4.90 Å². The Balaban J connectivity index is 2.30. The maximum Gasteiger partial charge on any atom is 0.259 e. The number of para-hydroxylation sites is 2. The molecule has 5 heteroatoms. The normalized spacial score (nSPS) is 10.4. The van der Waals surface area contributed by atoms with Gasteiger partial charge in [0.15, 0.2) is 0 Å². The Morgan fingerprint density at radius 1 is 0.958 bits per heavy atom. The first kappa shape index (κ1) is 17.5. The summed E-state index contributed by atoms with van der Waals surface area (Å²) in [6, 6.07) is 14.0. The summed E-state index contributed by atoms with van der Waals surface area (Å²) in [6.07, 6.45) is -0.0402.